The maximum absolute atomic E-state index is 13.5. The van der Waals surface area contributed by atoms with Crippen molar-refractivity contribution >= 4 is 43.5 Å². The maximum Gasteiger partial charge on any atom is 0.344 e. The van der Waals surface area contributed by atoms with E-state index >= 15 is 0 Å². The fourth-order valence-electron chi connectivity index (χ4n) is 6.89. The molecule has 0 fully saturated rings. The molecular weight excluding hydrogens is 562 g/mol. The Kier molecular flexibility index (Phi) is 5.97. The molecular formula is C43H27NO2. The van der Waals surface area contributed by atoms with Gasteiger partial charge < -0.3 is 8.98 Å². The minimum Gasteiger partial charge on any atom is -0.422 e. The van der Waals surface area contributed by atoms with E-state index in [1.54, 1.807) is 0 Å². The summed E-state index contributed by atoms with van der Waals surface area (Å²) in [5.74, 6) is 0. The Balaban J connectivity index is 1.16. The van der Waals surface area contributed by atoms with Crippen molar-refractivity contribution in [1.82, 2.24) is 4.57 Å². The molecule has 7 aromatic carbocycles. The predicted octanol–water partition coefficient (Wildman–Crippen LogP) is 11.0. The fraction of sp³-hybridized carbons (Fsp3) is 0. The molecule has 0 atom stereocenters. The molecule has 2 aromatic heterocycles. The average Bonchev–Trinajstić information content (AvgIpc) is 3.46. The lowest BCUT2D eigenvalue weighted by atomic mass is 9.93. The first kappa shape index (κ1) is 26.2. The maximum atomic E-state index is 13.5. The highest BCUT2D eigenvalue weighted by atomic mass is 16.4. The molecule has 0 N–H and O–H groups in total. The quantitative estimate of drug-likeness (QED) is 0.151. The number of fused-ring (bicyclic) bond motifs is 6. The van der Waals surface area contributed by atoms with E-state index in [1.165, 1.54) is 16.3 Å². The SMILES string of the molecule is O=c1oc2cc(-c3ccc4c(c3)c3ccccc3n4-c3ccccc3)ccc2c2ccc(-c3ccccc3-c3ccccc3)cc12. The van der Waals surface area contributed by atoms with Gasteiger partial charge in [-0.3, -0.25) is 0 Å². The molecule has 46 heavy (non-hydrogen) atoms. The van der Waals surface area contributed by atoms with Crippen molar-refractivity contribution in [2.75, 3.05) is 0 Å². The first-order valence-electron chi connectivity index (χ1n) is 15.5. The second-order valence-corrected chi connectivity index (χ2v) is 11.7. The summed E-state index contributed by atoms with van der Waals surface area (Å²) in [5, 5.41) is 4.77. The summed E-state index contributed by atoms with van der Waals surface area (Å²) in [4.78, 5) is 13.5. The van der Waals surface area contributed by atoms with Gasteiger partial charge in [0.15, 0.2) is 0 Å². The van der Waals surface area contributed by atoms with Crippen molar-refractivity contribution in [2.24, 2.45) is 0 Å². The van der Waals surface area contributed by atoms with Crippen LogP contribution in [0, 0.1) is 0 Å². The van der Waals surface area contributed by atoms with Gasteiger partial charge in [-0.25, -0.2) is 4.79 Å². The molecule has 0 bridgehead atoms. The topological polar surface area (TPSA) is 35.1 Å². The second-order valence-electron chi connectivity index (χ2n) is 11.7. The summed E-state index contributed by atoms with van der Waals surface area (Å²) >= 11 is 0. The third-order valence-electron chi connectivity index (χ3n) is 9.06. The van der Waals surface area contributed by atoms with Gasteiger partial charge in [-0.15, -0.1) is 0 Å². The Labute approximate surface area is 265 Å². The molecule has 0 aliphatic carbocycles. The molecule has 0 unspecified atom stereocenters. The predicted molar refractivity (Wildman–Crippen MR) is 191 cm³/mol. The molecule has 2 heterocycles. The number of aromatic nitrogens is 1. The Morgan fingerprint density at radius 3 is 1.80 bits per heavy atom. The normalized spacial score (nSPS) is 11.6. The summed E-state index contributed by atoms with van der Waals surface area (Å²) in [6, 6.07) is 56.5. The van der Waals surface area contributed by atoms with Crippen molar-refractivity contribution in [3.63, 3.8) is 0 Å². The molecule has 0 spiro atoms. The summed E-state index contributed by atoms with van der Waals surface area (Å²) in [7, 11) is 0. The van der Waals surface area contributed by atoms with Crippen LogP contribution < -0.4 is 5.63 Å². The molecule has 9 aromatic rings. The summed E-state index contributed by atoms with van der Waals surface area (Å²) in [6.07, 6.45) is 0. The molecule has 3 nitrogen and oxygen atoms in total. The van der Waals surface area contributed by atoms with E-state index in [2.05, 4.69) is 120 Å². The molecule has 3 heteroatoms. The van der Waals surface area contributed by atoms with Gasteiger partial charge in [0.2, 0.25) is 0 Å². The van der Waals surface area contributed by atoms with E-state index in [1.807, 2.05) is 48.5 Å². The van der Waals surface area contributed by atoms with Gasteiger partial charge in [-0.05, 0) is 87.3 Å². The molecule has 0 saturated heterocycles. The highest BCUT2D eigenvalue weighted by molar-refractivity contribution is 6.11. The number of benzene rings is 7. The molecule has 9 rings (SSSR count). The van der Waals surface area contributed by atoms with Crippen molar-refractivity contribution in [3.05, 3.63) is 174 Å². The lowest BCUT2D eigenvalue weighted by Crippen LogP contribution is -2.00. The molecule has 0 amide bonds. The number of hydrogen-bond acceptors (Lipinski definition) is 2. The smallest absolute Gasteiger partial charge is 0.344 e. The number of para-hydroxylation sites is 2. The number of rotatable bonds is 4. The van der Waals surface area contributed by atoms with Crippen LogP contribution in [-0.2, 0) is 0 Å². The fourth-order valence-corrected chi connectivity index (χ4v) is 6.89. The van der Waals surface area contributed by atoms with Crippen LogP contribution in [0.15, 0.2) is 173 Å². The van der Waals surface area contributed by atoms with E-state index in [0.717, 1.165) is 55.4 Å². The summed E-state index contributed by atoms with van der Waals surface area (Å²) in [5.41, 5.74) is 10.1. The second kappa shape index (κ2) is 10.5. The minimum atomic E-state index is -0.333. The van der Waals surface area contributed by atoms with E-state index in [4.69, 9.17) is 4.42 Å². The van der Waals surface area contributed by atoms with Crippen LogP contribution in [0.1, 0.15) is 0 Å². The standard InChI is InChI=1S/C43H27NO2/c45-43-39-26-31(34-16-8-7-15-33(34)28-11-3-1-4-12-28)20-22-35(39)37-23-19-30(27-42(37)46-43)29-21-24-41-38(25-29)36-17-9-10-18-40(36)44(41)32-13-5-2-6-14-32/h1-27H. The van der Waals surface area contributed by atoms with Crippen molar-refractivity contribution < 1.29 is 4.42 Å². The molecule has 0 aliphatic rings. The van der Waals surface area contributed by atoms with Crippen LogP contribution >= 0.6 is 0 Å². The zero-order chi connectivity index (χ0) is 30.6. The van der Waals surface area contributed by atoms with Gasteiger partial charge in [-0.2, -0.15) is 0 Å². The van der Waals surface area contributed by atoms with Gasteiger partial charge in [0.05, 0.1) is 16.4 Å². The van der Waals surface area contributed by atoms with Crippen molar-refractivity contribution in [2.45, 2.75) is 0 Å². The first-order chi connectivity index (χ1) is 22.7. The van der Waals surface area contributed by atoms with E-state index in [-0.39, 0.29) is 5.63 Å². The highest BCUT2D eigenvalue weighted by Crippen LogP contribution is 2.37. The van der Waals surface area contributed by atoms with Crippen molar-refractivity contribution in [3.8, 4) is 39.1 Å². The van der Waals surface area contributed by atoms with Gasteiger partial charge in [0.25, 0.3) is 0 Å². The summed E-state index contributed by atoms with van der Waals surface area (Å²) in [6.45, 7) is 0. The van der Waals surface area contributed by atoms with Gasteiger partial charge in [-0.1, -0.05) is 115 Å². The van der Waals surface area contributed by atoms with Crippen LogP contribution in [-0.4, -0.2) is 4.57 Å². The third-order valence-corrected chi connectivity index (χ3v) is 9.06. The lowest BCUT2D eigenvalue weighted by molar-refractivity contribution is 0.570. The molecule has 0 aliphatic heterocycles. The van der Waals surface area contributed by atoms with Crippen LogP contribution in [0.5, 0.6) is 0 Å². The lowest BCUT2D eigenvalue weighted by Gasteiger charge is -2.12. The first-order valence-corrected chi connectivity index (χ1v) is 15.5. The van der Waals surface area contributed by atoms with Crippen LogP contribution in [0.3, 0.4) is 0 Å². The van der Waals surface area contributed by atoms with E-state index in [9.17, 15) is 4.79 Å². The van der Waals surface area contributed by atoms with Crippen LogP contribution in [0.4, 0.5) is 0 Å². The Bertz CT molecular complexity index is 2650. The summed E-state index contributed by atoms with van der Waals surface area (Å²) < 4.78 is 8.31. The average molecular weight is 590 g/mol. The van der Waals surface area contributed by atoms with Gasteiger partial charge in [0, 0.05) is 21.8 Å². The van der Waals surface area contributed by atoms with Gasteiger partial charge >= 0.3 is 5.63 Å². The zero-order valence-electron chi connectivity index (χ0n) is 24.9. The Hall–Kier alpha value is -6.19. The molecule has 216 valence electrons. The van der Waals surface area contributed by atoms with E-state index < -0.39 is 0 Å². The van der Waals surface area contributed by atoms with Crippen LogP contribution in [0.2, 0.25) is 0 Å². The molecule has 0 radical (unpaired) electrons. The zero-order valence-corrected chi connectivity index (χ0v) is 24.9. The third kappa shape index (κ3) is 4.17. The number of hydrogen-bond donors (Lipinski definition) is 0. The monoisotopic (exact) mass is 589 g/mol. The van der Waals surface area contributed by atoms with Crippen LogP contribution in [0.25, 0.3) is 82.6 Å². The Morgan fingerprint density at radius 1 is 0.391 bits per heavy atom. The minimum absolute atomic E-state index is 0.333. The highest BCUT2D eigenvalue weighted by Gasteiger charge is 2.15. The van der Waals surface area contributed by atoms with Crippen molar-refractivity contribution in [1.29, 1.82) is 0 Å². The molecule has 0 saturated carbocycles. The van der Waals surface area contributed by atoms with E-state index in [0.29, 0.717) is 11.0 Å². The number of nitrogens with zero attached hydrogens (tertiary/aromatic N) is 1. The van der Waals surface area contributed by atoms with Gasteiger partial charge in [0.1, 0.15) is 5.58 Å². The largest absolute Gasteiger partial charge is 0.422 e. The Morgan fingerprint density at radius 2 is 0.978 bits per heavy atom.